The lowest BCUT2D eigenvalue weighted by Crippen LogP contribution is -2.39. The molecule has 0 saturated carbocycles. The van der Waals surface area contributed by atoms with Crippen molar-refractivity contribution in [2.45, 2.75) is 45.7 Å². The zero-order valence-corrected chi connectivity index (χ0v) is 9.26. The predicted octanol–water partition coefficient (Wildman–Crippen LogP) is 2.86. The van der Waals surface area contributed by atoms with E-state index in [0.717, 1.165) is 0 Å². The van der Waals surface area contributed by atoms with Gasteiger partial charge in [0, 0.05) is 0 Å². The molecule has 0 bridgehead atoms. The molecule has 0 unspecified atom stereocenters. The molecular formula is C9H20OSi. The van der Waals surface area contributed by atoms with Crippen molar-refractivity contribution in [3.05, 3.63) is 11.8 Å². The maximum absolute atomic E-state index is 10.2. The van der Waals surface area contributed by atoms with Gasteiger partial charge in [-0.1, -0.05) is 39.5 Å². The van der Waals surface area contributed by atoms with Gasteiger partial charge in [0.05, 0.1) is 0 Å². The molecule has 11 heavy (non-hydrogen) atoms. The molecule has 66 valence electrons. The van der Waals surface area contributed by atoms with Crippen molar-refractivity contribution >= 4 is 8.32 Å². The van der Waals surface area contributed by atoms with Crippen LogP contribution in [0.1, 0.15) is 34.6 Å². The lowest BCUT2D eigenvalue weighted by Gasteiger charge is -2.29. The quantitative estimate of drug-likeness (QED) is 0.649. The highest BCUT2D eigenvalue weighted by molar-refractivity contribution is 6.79. The third-order valence-corrected chi connectivity index (χ3v) is 6.85. The summed E-state index contributed by atoms with van der Waals surface area (Å²) >= 11 is 0. The van der Waals surface area contributed by atoms with E-state index in [4.69, 9.17) is 0 Å². The summed E-state index contributed by atoms with van der Waals surface area (Å²) in [5.41, 5.74) is 2.86. The van der Waals surface area contributed by atoms with Crippen molar-refractivity contribution < 1.29 is 4.80 Å². The third kappa shape index (κ3) is 2.45. The molecule has 0 aliphatic heterocycles. The summed E-state index contributed by atoms with van der Waals surface area (Å²) in [5.74, 6) is 0. The summed E-state index contributed by atoms with van der Waals surface area (Å²) in [6, 6.07) is 0. The Morgan fingerprint density at radius 3 is 1.55 bits per heavy atom. The molecule has 0 aromatic rings. The van der Waals surface area contributed by atoms with Gasteiger partial charge < -0.3 is 4.80 Å². The van der Waals surface area contributed by atoms with Gasteiger partial charge in [-0.3, -0.25) is 0 Å². The second-order valence-corrected chi connectivity index (χ2v) is 8.11. The van der Waals surface area contributed by atoms with Crippen LogP contribution in [0.3, 0.4) is 0 Å². The van der Waals surface area contributed by atoms with E-state index < -0.39 is 8.32 Å². The summed E-state index contributed by atoms with van der Waals surface area (Å²) in [7, 11) is -2.08. The van der Waals surface area contributed by atoms with Crippen LogP contribution in [0.4, 0.5) is 0 Å². The molecule has 1 N–H and O–H groups in total. The standard InChI is InChI=1S/C9H20OSi/c1-6-7-11(10,8(2)3)9(4)5/h6-10H,1-5H3/b7-6+. The number of hydrogen-bond acceptors (Lipinski definition) is 1. The molecule has 0 fully saturated rings. The first kappa shape index (κ1) is 10.9. The minimum absolute atomic E-state index is 0.415. The molecule has 0 saturated heterocycles. The van der Waals surface area contributed by atoms with Crippen molar-refractivity contribution in [1.82, 2.24) is 0 Å². The Kier molecular flexibility index (Phi) is 4.04. The Morgan fingerprint density at radius 2 is 1.45 bits per heavy atom. The molecule has 0 aliphatic carbocycles. The normalized spacial score (nSPS) is 13.8. The Balaban J connectivity index is 4.52. The largest absolute Gasteiger partial charge is 0.427 e. The van der Waals surface area contributed by atoms with Crippen LogP contribution in [0.2, 0.25) is 11.1 Å². The minimum atomic E-state index is -2.08. The first-order chi connectivity index (χ1) is 4.95. The van der Waals surface area contributed by atoms with E-state index >= 15 is 0 Å². The fourth-order valence-electron chi connectivity index (χ4n) is 1.32. The molecule has 0 radical (unpaired) electrons. The molecule has 0 rings (SSSR count). The van der Waals surface area contributed by atoms with E-state index in [9.17, 15) is 4.80 Å². The molecule has 2 heteroatoms. The molecule has 0 aromatic heterocycles. The first-order valence-corrected chi connectivity index (χ1v) is 6.49. The van der Waals surface area contributed by atoms with E-state index in [1.807, 2.05) is 18.7 Å². The molecule has 0 spiro atoms. The van der Waals surface area contributed by atoms with E-state index in [1.54, 1.807) is 0 Å². The van der Waals surface area contributed by atoms with Crippen molar-refractivity contribution in [1.29, 1.82) is 0 Å². The molecule has 0 atom stereocenters. The smallest absolute Gasteiger partial charge is 0.217 e. The van der Waals surface area contributed by atoms with Crippen LogP contribution in [0.5, 0.6) is 0 Å². The van der Waals surface area contributed by atoms with Gasteiger partial charge in [-0.15, -0.1) is 0 Å². The fraction of sp³-hybridized carbons (Fsp3) is 0.778. The first-order valence-electron chi connectivity index (χ1n) is 4.31. The minimum Gasteiger partial charge on any atom is -0.427 e. The zero-order chi connectivity index (χ0) is 9.07. The highest BCUT2D eigenvalue weighted by Gasteiger charge is 2.35. The van der Waals surface area contributed by atoms with Crippen LogP contribution < -0.4 is 0 Å². The second kappa shape index (κ2) is 4.07. The van der Waals surface area contributed by atoms with Gasteiger partial charge in [0.15, 0.2) is 0 Å². The van der Waals surface area contributed by atoms with Crippen LogP contribution in [0.25, 0.3) is 0 Å². The predicted molar refractivity (Wildman–Crippen MR) is 53.0 cm³/mol. The third-order valence-electron chi connectivity index (χ3n) is 2.28. The number of hydrogen-bond donors (Lipinski definition) is 1. The van der Waals surface area contributed by atoms with Crippen LogP contribution in [-0.2, 0) is 0 Å². The lowest BCUT2D eigenvalue weighted by atomic mass is 10.5. The highest BCUT2D eigenvalue weighted by atomic mass is 28.4. The summed E-state index contributed by atoms with van der Waals surface area (Å²) in [6.07, 6.45) is 1.98. The Hall–Kier alpha value is -0.0831. The van der Waals surface area contributed by atoms with E-state index in [-0.39, 0.29) is 0 Å². The van der Waals surface area contributed by atoms with Crippen molar-refractivity contribution in [3.8, 4) is 0 Å². The molecular weight excluding hydrogens is 152 g/mol. The summed E-state index contributed by atoms with van der Waals surface area (Å²) in [4.78, 5) is 10.2. The zero-order valence-electron chi connectivity index (χ0n) is 8.26. The van der Waals surface area contributed by atoms with Gasteiger partial charge >= 0.3 is 0 Å². The fourth-order valence-corrected chi connectivity index (χ4v) is 3.96. The maximum atomic E-state index is 10.2. The van der Waals surface area contributed by atoms with Crippen LogP contribution in [-0.4, -0.2) is 13.1 Å². The Morgan fingerprint density at radius 1 is 1.09 bits per heavy atom. The van der Waals surface area contributed by atoms with Gasteiger partial charge in [0.25, 0.3) is 0 Å². The maximum Gasteiger partial charge on any atom is 0.217 e. The average Bonchev–Trinajstić information content (AvgIpc) is 1.87. The highest BCUT2D eigenvalue weighted by Crippen LogP contribution is 2.30. The van der Waals surface area contributed by atoms with E-state index in [2.05, 4.69) is 27.7 Å². The monoisotopic (exact) mass is 172 g/mol. The molecule has 0 aromatic carbocycles. The lowest BCUT2D eigenvalue weighted by molar-refractivity contribution is 0.511. The Bertz CT molecular complexity index is 130. The topological polar surface area (TPSA) is 20.2 Å². The molecule has 0 aliphatic rings. The molecule has 0 amide bonds. The van der Waals surface area contributed by atoms with E-state index in [0.29, 0.717) is 11.1 Å². The SMILES string of the molecule is C/C=C/[Si](O)(C(C)C)C(C)C. The molecule has 0 heterocycles. The Labute approximate surface area is 71.3 Å². The number of rotatable bonds is 3. The van der Waals surface area contributed by atoms with Crippen molar-refractivity contribution in [2.24, 2.45) is 0 Å². The van der Waals surface area contributed by atoms with Crippen LogP contribution >= 0.6 is 0 Å². The van der Waals surface area contributed by atoms with Gasteiger partial charge in [-0.05, 0) is 18.0 Å². The molecule has 1 nitrogen and oxygen atoms in total. The summed E-state index contributed by atoms with van der Waals surface area (Å²) in [6.45, 7) is 10.4. The van der Waals surface area contributed by atoms with Gasteiger partial charge in [0.1, 0.15) is 0 Å². The van der Waals surface area contributed by atoms with Crippen LogP contribution in [0, 0.1) is 0 Å². The summed E-state index contributed by atoms with van der Waals surface area (Å²) in [5, 5.41) is 0. The van der Waals surface area contributed by atoms with Crippen molar-refractivity contribution in [2.75, 3.05) is 0 Å². The van der Waals surface area contributed by atoms with E-state index in [1.165, 1.54) is 0 Å². The van der Waals surface area contributed by atoms with Gasteiger partial charge in [0.2, 0.25) is 8.32 Å². The van der Waals surface area contributed by atoms with Gasteiger partial charge in [-0.2, -0.15) is 0 Å². The summed E-state index contributed by atoms with van der Waals surface area (Å²) < 4.78 is 0. The number of allylic oxidation sites excluding steroid dienone is 1. The van der Waals surface area contributed by atoms with Crippen molar-refractivity contribution in [3.63, 3.8) is 0 Å². The van der Waals surface area contributed by atoms with Crippen LogP contribution in [0.15, 0.2) is 11.8 Å². The second-order valence-electron chi connectivity index (χ2n) is 3.70. The average molecular weight is 172 g/mol. The van der Waals surface area contributed by atoms with Gasteiger partial charge in [-0.25, -0.2) is 0 Å².